The zero-order chi connectivity index (χ0) is 63.0. The Morgan fingerprint density at radius 2 is 0.759 bits per heavy atom. The molecule has 35 heteroatoms. The monoisotopic (exact) mass is 1230 g/mol. The van der Waals surface area contributed by atoms with Crippen molar-refractivity contribution in [2.45, 2.75) is 68.7 Å². The van der Waals surface area contributed by atoms with Gasteiger partial charge in [-0.15, -0.1) is 20.4 Å². The molecule has 0 atom stereocenters. The number of aryl methyl sites for hydroxylation is 3. The molecular formula is C48H77Cl4N31. The van der Waals surface area contributed by atoms with Gasteiger partial charge in [0.15, 0.2) is 22.6 Å². The highest BCUT2D eigenvalue weighted by Crippen LogP contribution is 2.18. The van der Waals surface area contributed by atoms with E-state index in [4.69, 9.17) is 75.1 Å². The van der Waals surface area contributed by atoms with Crippen LogP contribution in [0.2, 0.25) is 20.7 Å². The summed E-state index contributed by atoms with van der Waals surface area (Å²) >= 11 is 22.3. The summed E-state index contributed by atoms with van der Waals surface area (Å²) in [7, 11) is 18.6. The van der Waals surface area contributed by atoms with Gasteiger partial charge in [0.1, 0.15) is 27.1 Å². The Balaban J connectivity index is 0.000000334. The fourth-order valence-corrected chi connectivity index (χ4v) is 6.78. The molecular weight excluding hydrogens is 1150 g/mol. The number of nitrogens with zero attached hydrogens (tertiary/aromatic N) is 24. The third kappa shape index (κ3) is 21.6. The van der Waals surface area contributed by atoms with Gasteiger partial charge < -0.3 is 58.9 Å². The van der Waals surface area contributed by atoms with Crippen LogP contribution in [0, 0.1) is 20.8 Å². The summed E-state index contributed by atoms with van der Waals surface area (Å²) in [6.07, 6.45) is 1.25. The van der Waals surface area contributed by atoms with Crippen LogP contribution >= 0.6 is 46.4 Å². The predicted octanol–water partition coefficient (Wildman–Crippen LogP) is 6.72. The summed E-state index contributed by atoms with van der Waals surface area (Å²) in [5.41, 5.74) is 32.8. The first-order valence-electron chi connectivity index (χ1n) is 25.4. The highest BCUT2D eigenvalue weighted by Gasteiger charge is 2.13. The molecule has 0 aliphatic carbocycles. The topological polar surface area (TPSA) is 391 Å². The molecule has 10 aromatic rings. The first-order valence-corrected chi connectivity index (χ1v) is 26.9. The number of nitrogen functional groups attached to an aromatic ring is 5. The summed E-state index contributed by atoms with van der Waals surface area (Å²) in [6, 6.07) is 10.1. The van der Waals surface area contributed by atoms with Crippen LogP contribution in [-0.4, -0.2) is 169 Å². The van der Waals surface area contributed by atoms with Crippen molar-refractivity contribution >= 4 is 134 Å². The van der Waals surface area contributed by atoms with E-state index in [1.807, 2.05) is 133 Å². The summed E-state index contributed by atoms with van der Waals surface area (Å²) in [6.45, 7) is 18.0. The number of aromatic nitrogens is 20. The molecule has 0 spiro atoms. The first kappa shape index (κ1) is 70.4. The molecule has 31 nitrogen and oxygen atoms in total. The van der Waals surface area contributed by atoms with Crippen LogP contribution < -0.4 is 58.9 Å². The van der Waals surface area contributed by atoms with Crippen LogP contribution in [0.3, 0.4) is 0 Å². The van der Waals surface area contributed by atoms with E-state index in [9.17, 15) is 0 Å². The van der Waals surface area contributed by atoms with Crippen LogP contribution in [0.25, 0.3) is 22.6 Å². The molecule has 0 aliphatic rings. The van der Waals surface area contributed by atoms with E-state index in [1.165, 1.54) is 23.1 Å². The maximum Gasteiger partial charge on any atom is 0.242 e. The van der Waals surface area contributed by atoms with Gasteiger partial charge in [-0.2, -0.15) is 43.0 Å². The van der Waals surface area contributed by atoms with Crippen molar-refractivity contribution in [3.63, 3.8) is 0 Å². The van der Waals surface area contributed by atoms with Crippen LogP contribution in [-0.2, 0) is 0 Å². The molecule has 0 unspecified atom stereocenters. The minimum absolute atomic E-state index is 0.0694. The molecule has 0 saturated carbocycles. The van der Waals surface area contributed by atoms with Crippen molar-refractivity contribution in [1.82, 2.24) is 98.3 Å². The Morgan fingerprint density at radius 1 is 0.410 bits per heavy atom. The number of rotatable bonds is 6. The summed E-state index contributed by atoms with van der Waals surface area (Å²) in [5.74, 6) is 5.25. The smallest absolute Gasteiger partial charge is 0.242 e. The zero-order valence-electron chi connectivity index (χ0n) is 50.3. The average molecular weight is 1230 g/mol. The number of nitrogens with one attached hydrogen (secondary N) is 2. The molecule has 83 heavy (non-hydrogen) atoms. The van der Waals surface area contributed by atoms with Crippen molar-refractivity contribution in [2.24, 2.45) is 0 Å². The maximum atomic E-state index is 5.82. The fourth-order valence-electron chi connectivity index (χ4n) is 6.00. The lowest BCUT2D eigenvalue weighted by molar-refractivity contribution is 0.863. The Morgan fingerprint density at radius 3 is 1.16 bits per heavy atom. The molecule has 10 heterocycles. The number of hydrogen-bond acceptors (Lipinski definition) is 27. The molecule has 0 saturated heterocycles. The molecule has 452 valence electrons. The summed E-state index contributed by atoms with van der Waals surface area (Å²) in [5, 5.41) is 23.2. The van der Waals surface area contributed by atoms with Gasteiger partial charge in [0.2, 0.25) is 58.8 Å². The average Bonchev–Trinajstić information content (AvgIpc) is 4.30. The Bertz CT molecular complexity index is 3410. The highest BCUT2D eigenvalue weighted by molar-refractivity contribution is 6.32. The maximum absolute atomic E-state index is 5.82. The van der Waals surface area contributed by atoms with Crippen molar-refractivity contribution in [1.29, 1.82) is 0 Å². The van der Waals surface area contributed by atoms with Gasteiger partial charge >= 0.3 is 0 Å². The van der Waals surface area contributed by atoms with E-state index in [0.717, 1.165) is 40.3 Å². The van der Waals surface area contributed by atoms with Crippen LogP contribution in [0.15, 0.2) is 36.4 Å². The Kier molecular flexibility index (Phi) is 28.8. The van der Waals surface area contributed by atoms with E-state index < -0.39 is 0 Å². The molecule has 10 aromatic heterocycles. The van der Waals surface area contributed by atoms with E-state index >= 15 is 0 Å². The molecule has 0 aliphatic heterocycles. The molecule has 0 aromatic carbocycles. The third-order valence-corrected chi connectivity index (χ3v) is 9.85. The number of hydrogen-bond donors (Lipinski definition) is 7. The van der Waals surface area contributed by atoms with Gasteiger partial charge in [0.25, 0.3) is 0 Å². The Labute approximate surface area is 502 Å². The van der Waals surface area contributed by atoms with Gasteiger partial charge in [-0.1, -0.05) is 82.8 Å². The van der Waals surface area contributed by atoms with E-state index in [0.29, 0.717) is 57.2 Å². The van der Waals surface area contributed by atoms with Crippen LogP contribution in [0.1, 0.15) is 65.0 Å². The van der Waals surface area contributed by atoms with Crippen molar-refractivity contribution < 1.29 is 0 Å². The number of anilines is 11. The number of fused-ring (bicyclic) bond motifs is 4. The van der Waals surface area contributed by atoms with E-state index in [-0.39, 0.29) is 28.2 Å². The molecule has 10 rings (SSSR count). The van der Waals surface area contributed by atoms with Gasteiger partial charge in [-0.05, 0) is 32.4 Å². The van der Waals surface area contributed by atoms with Gasteiger partial charge in [0.05, 0.1) is 0 Å². The van der Waals surface area contributed by atoms with Crippen molar-refractivity contribution in [3.8, 4) is 0 Å². The third-order valence-electron chi connectivity index (χ3n) is 9.10. The number of halogens is 4. The second-order valence-electron chi connectivity index (χ2n) is 17.0. The molecule has 0 fully saturated rings. The second-order valence-corrected chi connectivity index (χ2v) is 18.5. The Hall–Kier alpha value is -8.68. The molecule has 12 N–H and O–H groups in total. The predicted molar refractivity (Wildman–Crippen MR) is 339 cm³/mol. The normalized spacial score (nSPS) is 9.92. The van der Waals surface area contributed by atoms with Crippen molar-refractivity contribution in [3.05, 3.63) is 74.2 Å². The van der Waals surface area contributed by atoms with Crippen molar-refractivity contribution in [2.75, 3.05) is 129 Å². The lowest BCUT2D eigenvalue weighted by Gasteiger charge is -2.12. The minimum Gasteiger partial charge on any atom is -0.384 e. The summed E-state index contributed by atoms with van der Waals surface area (Å²) in [4.78, 5) is 55.8. The fraction of sp³-hybridized carbons (Fsp3) is 0.417. The number of nitrogens with two attached hydrogens (primary N) is 5. The molecule has 0 amide bonds. The lowest BCUT2D eigenvalue weighted by Crippen LogP contribution is -2.16. The molecule has 0 radical (unpaired) electrons. The van der Waals surface area contributed by atoms with Crippen LogP contribution in [0.4, 0.5) is 65.2 Å². The van der Waals surface area contributed by atoms with Gasteiger partial charge in [-0.3, -0.25) is 0 Å². The van der Waals surface area contributed by atoms with Crippen LogP contribution in [0.5, 0.6) is 0 Å². The second kappa shape index (κ2) is 33.9. The van der Waals surface area contributed by atoms with E-state index in [2.05, 4.69) is 105 Å². The zero-order valence-corrected chi connectivity index (χ0v) is 53.3. The largest absolute Gasteiger partial charge is 0.384 e. The first-order chi connectivity index (χ1) is 39.2. The SMILES string of the molecule is CC.CC.CCC.CN(C)c1nc(Cl)cc2nc(N)nn12.CN(C)c1nc(N)cc(Cl)n1.CNc1nc2cc(C)nc(N(C)C)n2n1.CNc1nc2cc(C)nc(N)n2n1.Cc1cc2nc(N)nn2c(N(C)C)n1.Nc1cc(Cl)nc(Cl)n1. The van der Waals surface area contributed by atoms with Gasteiger partial charge in [0, 0.05) is 124 Å². The van der Waals surface area contributed by atoms with Gasteiger partial charge in [-0.25, -0.2) is 34.9 Å². The standard InChI is InChI=1S/C9H14N6.C8H12N6.C7H9ClN6.C7H10N6.C6H9ClN4.C4H3Cl2N3.C3H8.2C2H6/c1-6-5-7-12-8(10-2)13-15(7)9(11-6)14(3)4;1-5-4-6-11-7(9)12-14(6)8(10-5)13(2)3;1-13(2)7-10-4(8)3-5-11-6(9)12-14(5)7;1-4-3-5-11-7(9-2)12-13(5)6(8)10-4;1-11(2)6-9-4(7)3-5(8)10-6;5-2-1-3(7)9-4(6)8-2;1-3-2;2*1-2/h5H,1-4H3,(H,10,13);4H,1-3H3,(H2,9,12);3H,1-2H3,(H2,9,12);3H,1-2H3,(H2,8,10)(H,9,12);3H,1-2H3,(H2,8,9,10);1H,(H2,7,8,9);3H2,1-2H3;2*1-2H3. The van der Waals surface area contributed by atoms with E-state index in [1.54, 1.807) is 43.5 Å². The highest BCUT2D eigenvalue weighted by atomic mass is 35.5. The quantitative estimate of drug-likeness (QED) is 0.0671. The molecule has 0 bridgehead atoms. The lowest BCUT2D eigenvalue weighted by atomic mass is 10.4. The minimum atomic E-state index is 0.0694. The summed E-state index contributed by atoms with van der Waals surface area (Å²) < 4.78 is 6.39.